The highest BCUT2D eigenvalue weighted by Crippen LogP contribution is 2.46. The highest BCUT2D eigenvalue weighted by Gasteiger charge is 2.52. The second kappa shape index (κ2) is 6.47. The van der Waals surface area contributed by atoms with Gasteiger partial charge in [0.25, 0.3) is 0 Å². The summed E-state index contributed by atoms with van der Waals surface area (Å²) >= 11 is 0. The van der Waals surface area contributed by atoms with E-state index >= 15 is 0 Å². The minimum absolute atomic E-state index is 0.0598. The predicted octanol–water partition coefficient (Wildman–Crippen LogP) is 2.62. The first kappa shape index (κ1) is 15.0. The molecule has 1 heterocycles. The molecule has 3 fully saturated rings. The minimum Gasteiger partial charge on any atom is -0.312 e. The highest BCUT2D eigenvalue weighted by atomic mass is 16.2. The second-order valence-corrected chi connectivity index (χ2v) is 7.16. The van der Waals surface area contributed by atoms with Gasteiger partial charge < -0.3 is 5.32 Å². The average molecular weight is 292 g/mol. The Bertz CT molecular complexity index is 394. The van der Waals surface area contributed by atoms with Crippen LogP contribution in [-0.4, -0.2) is 35.8 Å². The molecule has 1 N–H and O–H groups in total. The minimum atomic E-state index is -0.306. The summed E-state index contributed by atoms with van der Waals surface area (Å²) in [7, 11) is 0. The van der Waals surface area contributed by atoms with Gasteiger partial charge in [-0.15, -0.1) is 0 Å². The molecule has 0 aromatic rings. The number of likely N-dealkylation sites (tertiary alicyclic amines) is 1. The molecule has 1 saturated heterocycles. The number of hydrogen-bond donors (Lipinski definition) is 1. The van der Waals surface area contributed by atoms with E-state index in [0.717, 1.165) is 32.2 Å². The molecule has 0 aromatic heterocycles. The van der Waals surface area contributed by atoms with Crippen molar-refractivity contribution in [1.82, 2.24) is 10.2 Å². The van der Waals surface area contributed by atoms with Gasteiger partial charge in [-0.25, -0.2) is 0 Å². The van der Waals surface area contributed by atoms with Crippen LogP contribution < -0.4 is 5.32 Å². The van der Waals surface area contributed by atoms with Crippen molar-refractivity contribution in [2.75, 3.05) is 13.1 Å². The molecule has 0 aromatic carbocycles. The highest BCUT2D eigenvalue weighted by molar-refractivity contribution is 6.06. The van der Waals surface area contributed by atoms with Gasteiger partial charge in [0.15, 0.2) is 0 Å². The molecule has 3 rings (SSSR count). The van der Waals surface area contributed by atoms with Gasteiger partial charge in [-0.3, -0.25) is 14.5 Å². The van der Waals surface area contributed by atoms with E-state index in [1.54, 1.807) is 0 Å². The Balaban J connectivity index is 1.48. The van der Waals surface area contributed by atoms with Crippen molar-refractivity contribution < 1.29 is 9.59 Å². The molecular formula is C17H28N2O2. The topological polar surface area (TPSA) is 49.4 Å². The van der Waals surface area contributed by atoms with Crippen LogP contribution in [0.4, 0.5) is 0 Å². The largest absolute Gasteiger partial charge is 0.312 e. The maximum Gasteiger partial charge on any atom is 0.235 e. The molecule has 2 aliphatic carbocycles. The maximum atomic E-state index is 12.6. The normalized spacial score (nSPS) is 26.8. The first-order valence-electron chi connectivity index (χ1n) is 8.79. The van der Waals surface area contributed by atoms with Gasteiger partial charge in [-0.1, -0.05) is 38.5 Å². The van der Waals surface area contributed by atoms with Crippen LogP contribution in [0.3, 0.4) is 0 Å². The Kier molecular flexibility index (Phi) is 4.63. The predicted molar refractivity (Wildman–Crippen MR) is 81.7 cm³/mol. The second-order valence-electron chi connectivity index (χ2n) is 7.16. The van der Waals surface area contributed by atoms with Gasteiger partial charge in [0, 0.05) is 25.6 Å². The summed E-state index contributed by atoms with van der Waals surface area (Å²) in [6.07, 6.45) is 12.3. The molecule has 118 valence electrons. The summed E-state index contributed by atoms with van der Waals surface area (Å²) in [6.45, 7) is 1.33. The lowest BCUT2D eigenvalue weighted by molar-refractivity contribution is -0.141. The van der Waals surface area contributed by atoms with Crippen molar-refractivity contribution in [2.24, 2.45) is 5.41 Å². The Morgan fingerprint density at radius 3 is 2.33 bits per heavy atom. The molecule has 0 unspecified atom stereocenters. The Morgan fingerprint density at radius 2 is 1.67 bits per heavy atom. The fourth-order valence-corrected chi connectivity index (χ4v) is 4.39. The van der Waals surface area contributed by atoms with Gasteiger partial charge in [0.2, 0.25) is 11.8 Å². The molecule has 2 amide bonds. The average Bonchev–Trinajstić information content (AvgIpc) is 2.90. The number of rotatable bonds is 4. The molecule has 1 aliphatic heterocycles. The Labute approximate surface area is 127 Å². The summed E-state index contributed by atoms with van der Waals surface area (Å²) in [5.41, 5.74) is -0.306. The fraction of sp³-hybridized carbons (Fsp3) is 0.882. The van der Waals surface area contributed by atoms with Crippen molar-refractivity contribution in [1.29, 1.82) is 0 Å². The molecule has 3 aliphatic rings. The van der Waals surface area contributed by atoms with Crippen LogP contribution in [0.1, 0.15) is 70.6 Å². The zero-order chi connectivity index (χ0) is 14.7. The van der Waals surface area contributed by atoms with E-state index in [1.165, 1.54) is 43.4 Å². The summed E-state index contributed by atoms with van der Waals surface area (Å²) in [4.78, 5) is 26.3. The number of imide groups is 1. The first-order chi connectivity index (χ1) is 10.2. The van der Waals surface area contributed by atoms with Crippen LogP contribution in [0.2, 0.25) is 0 Å². The molecule has 4 heteroatoms. The van der Waals surface area contributed by atoms with Crippen molar-refractivity contribution in [2.45, 2.75) is 76.7 Å². The quantitative estimate of drug-likeness (QED) is 0.640. The lowest BCUT2D eigenvalue weighted by atomic mass is 9.84. The standard InChI is InChI=1S/C17H28N2O2/c20-15-13-17(9-5-6-10-17)16(21)19(15)12-11-18-14-7-3-1-2-4-8-14/h14,18H,1-13H2. The molecule has 21 heavy (non-hydrogen) atoms. The van der Waals surface area contributed by atoms with Gasteiger partial charge in [0.1, 0.15) is 0 Å². The number of carbonyl (C=O) groups excluding carboxylic acids is 2. The number of nitrogens with zero attached hydrogens (tertiary/aromatic N) is 1. The van der Waals surface area contributed by atoms with Gasteiger partial charge in [-0.05, 0) is 25.7 Å². The van der Waals surface area contributed by atoms with E-state index in [2.05, 4.69) is 5.32 Å². The smallest absolute Gasteiger partial charge is 0.235 e. The van der Waals surface area contributed by atoms with Gasteiger partial charge in [0.05, 0.1) is 5.41 Å². The number of carbonyl (C=O) groups is 2. The number of amides is 2. The third-order valence-electron chi connectivity index (χ3n) is 5.67. The van der Waals surface area contributed by atoms with Gasteiger partial charge in [-0.2, -0.15) is 0 Å². The molecular weight excluding hydrogens is 264 g/mol. The fourth-order valence-electron chi connectivity index (χ4n) is 4.39. The third-order valence-corrected chi connectivity index (χ3v) is 5.67. The van der Waals surface area contributed by atoms with Crippen molar-refractivity contribution in [3.63, 3.8) is 0 Å². The van der Waals surface area contributed by atoms with Crippen LogP contribution in [-0.2, 0) is 9.59 Å². The third kappa shape index (κ3) is 3.15. The maximum absolute atomic E-state index is 12.6. The number of hydrogen-bond acceptors (Lipinski definition) is 3. The van der Waals surface area contributed by atoms with E-state index < -0.39 is 0 Å². The summed E-state index contributed by atoms with van der Waals surface area (Å²) in [5.74, 6) is 0.178. The van der Waals surface area contributed by atoms with E-state index in [9.17, 15) is 9.59 Å². The Morgan fingerprint density at radius 1 is 1.00 bits per heavy atom. The molecule has 0 atom stereocenters. The molecule has 1 spiro atoms. The van der Waals surface area contributed by atoms with Crippen molar-refractivity contribution in [3.05, 3.63) is 0 Å². The zero-order valence-electron chi connectivity index (χ0n) is 13.0. The van der Waals surface area contributed by atoms with Crippen molar-refractivity contribution in [3.8, 4) is 0 Å². The van der Waals surface area contributed by atoms with Crippen LogP contribution in [0, 0.1) is 5.41 Å². The Hall–Kier alpha value is -0.900. The van der Waals surface area contributed by atoms with Gasteiger partial charge >= 0.3 is 0 Å². The van der Waals surface area contributed by atoms with E-state index in [4.69, 9.17) is 0 Å². The molecule has 4 nitrogen and oxygen atoms in total. The monoisotopic (exact) mass is 292 g/mol. The molecule has 0 radical (unpaired) electrons. The lowest BCUT2D eigenvalue weighted by Crippen LogP contribution is -2.41. The van der Waals surface area contributed by atoms with E-state index in [1.807, 2.05) is 0 Å². The van der Waals surface area contributed by atoms with Crippen LogP contribution in [0.15, 0.2) is 0 Å². The number of nitrogens with one attached hydrogen (secondary N) is 1. The molecule has 2 saturated carbocycles. The zero-order valence-corrected chi connectivity index (χ0v) is 13.0. The summed E-state index contributed by atoms with van der Waals surface area (Å²) in [6, 6.07) is 0.584. The van der Waals surface area contributed by atoms with E-state index in [0.29, 0.717) is 19.0 Å². The lowest BCUT2D eigenvalue weighted by Gasteiger charge is -2.22. The SMILES string of the molecule is O=C1CC2(CCCC2)C(=O)N1CCNC1CCCCCC1. The summed E-state index contributed by atoms with van der Waals surface area (Å²) < 4.78 is 0. The first-order valence-corrected chi connectivity index (χ1v) is 8.79. The van der Waals surface area contributed by atoms with Crippen LogP contribution >= 0.6 is 0 Å². The van der Waals surface area contributed by atoms with E-state index in [-0.39, 0.29) is 17.2 Å². The van der Waals surface area contributed by atoms with Crippen LogP contribution in [0.25, 0.3) is 0 Å². The van der Waals surface area contributed by atoms with Crippen LogP contribution in [0.5, 0.6) is 0 Å². The van der Waals surface area contributed by atoms with Crippen molar-refractivity contribution >= 4 is 11.8 Å². The summed E-state index contributed by atoms with van der Waals surface area (Å²) in [5, 5.41) is 3.56. The molecule has 0 bridgehead atoms.